The number of carbonyl (C=O) groups is 1. The smallest absolute Gasteiger partial charge is 0.255 e. The fraction of sp³-hybridized carbons (Fsp3) is 0.294. The first-order chi connectivity index (χ1) is 10.7. The maximum atomic E-state index is 12.2. The van der Waals surface area contributed by atoms with Gasteiger partial charge in [-0.1, -0.05) is 18.2 Å². The van der Waals surface area contributed by atoms with Gasteiger partial charge in [-0.05, 0) is 31.0 Å². The minimum absolute atomic E-state index is 0.101. The summed E-state index contributed by atoms with van der Waals surface area (Å²) in [5.41, 5.74) is 1.03. The molecule has 1 fully saturated rings. The Labute approximate surface area is 128 Å². The highest BCUT2D eigenvalue weighted by atomic mass is 16.5. The molecule has 1 aromatic heterocycles. The molecule has 5 nitrogen and oxygen atoms in total. The van der Waals surface area contributed by atoms with Crippen LogP contribution in [0, 0.1) is 0 Å². The lowest BCUT2D eigenvalue weighted by atomic mass is 10.2. The number of nitrogens with one attached hydrogen (secondary N) is 1. The molecule has 0 saturated carbocycles. The van der Waals surface area contributed by atoms with E-state index in [0.29, 0.717) is 12.1 Å². The minimum atomic E-state index is -0.194. The number of pyridine rings is 1. The van der Waals surface area contributed by atoms with E-state index in [1.54, 1.807) is 12.3 Å². The van der Waals surface area contributed by atoms with E-state index in [2.05, 4.69) is 5.32 Å². The Morgan fingerprint density at radius 3 is 2.77 bits per heavy atom. The molecule has 22 heavy (non-hydrogen) atoms. The van der Waals surface area contributed by atoms with Gasteiger partial charge in [-0.25, -0.2) is 0 Å². The van der Waals surface area contributed by atoms with Crippen molar-refractivity contribution in [2.24, 2.45) is 0 Å². The molecule has 1 aliphatic rings. The van der Waals surface area contributed by atoms with Gasteiger partial charge in [-0.2, -0.15) is 0 Å². The summed E-state index contributed by atoms with van der Waals surface area (Å²) in [6.45, 7) is 1.27. The maximum absolute atomic E-state index is 12.2. The molecule has 5 heteroatoms. The third-order valence-electron chi connectivity index (χ3n) is 3.72. The molecule has 2 heterocycles. The van der Waals surface area contributed by atoms with Crippen LogP contribution in [0.1, 0.15) is 23.2 Å². The second-order valence-corrected chi connectivity index (χ2v) is 5.31. The topological polar surface area (TPSA) is 60.3 Å². The van der Waals surface area contributed by atoms with Crippen molar-refractivity contribution >= 4 is 5.91 Å². The third kappa shape index (κ3) is 3.26. The number of hydrogen-bond donors (Lipinski definition) is 1. The summed E-state index contributed by atoms with van der Waals surface area (Å²) in [4.78, 5) is 24.2. The molecule has 114 valence electrons. The van der Waals surface area contributed by atoms with Crippen molar-refractivity contribution in [1.82, 2.24) is 9.88 Å². The first-order valence-corrected chi connectivity index (χ1v) is 7.42. The van der Waals surface area contributed by atoms with Crippen molar-refractivity contribution in [3.63, 3.8) is 0 Å². The molecule has 1 aliphatic heterocycles. The first-order valence-electron chi connectivity index (χ1n) is 7.42. The van der Waals surface area contributed by atoms with E-state index in [1.165, 1.54) is 10.6 Å². The van der Waals surface area contributed by atoms with Crippen LogP contribution >= 0.6 is 0 Å². The van der Waals surface area contributed by atoms with Gasteiger partial charge in [0.25, 0.3) is 11.5 Å². The molecule has 0 aliphatic carbocycles. The van der Waals surface area contributed by atoms with Crippen molar-refractivity contribution in [3.05, 3.63) is 64.6 Å². The summed E-state index contributed by atoms with van der Waals surface area (Å²) in [5, 5.41) is 2.86. The maximum Gasteiger partial charge on any atom is 0.255 e. The lowest BCUT2D eigenvalue weighted by Gasteiger charge is -2.12. The highest BCUT2D eigenvalue weighted by molar-refractivity contribution is 5.93. The molecule has 0 spiro atoms. The predicted octanol–water partition coefficient (Wildman–Crippen LogP) is 1.75. The molecule has 3 rings (SSSR count). The number of aromatic nitrogens is 1. The second-order valence-electron chi connectivity index (χ2n) is 5.31. The van der Waals surface area contributed by atoms with Gasteiger partial charge in [-0.15, -0.1) is 0 Å². The number of hydrogen-bond acceptors (Lipinski definition) is 3. The van der Waals surface area contributed by atoms with Crippen molar-refractivity contribution in [2.75, 3.05) is 13.2 Å². The Hall–Kier alpha value is -2.40. The first kappa shape index (κ1) is 14.5. The van der Waals surface area contributed by atoms with Crippen LogP contribution in [0.3, 0.4) is 0 Å². The minimum Gasteiger partial charge on any atom is -0.376 e. The average Bonchev–Trinajstić information content (AvgIpc) is 3.07. The summed E-state index contributed by atoms with van der Waals surface area (Å²) in [7, 11) is 0. The van der Waals surface area contributed by atoms with E-state index in [9.17, 15) is 9.59 Å². The summed E-state index contributed by atoms with van der Waals surface area (Å²) in [5.74, 6) is -0.194. The largest absolute Gasteiger partial charge is 0.376 e. The van der Waals surface area contributed by atoms with Gasteiger partial charge in [-0.3, -0.25) is 14.2 Å². The van der Waals surface area contributed by atoms with Crippen molar-refractivity contribution in [2.45, 2.75) is 18.9 Å². The third-order valence-corrected chi connectivity index (χ3v) is 3.72. The summed E-state index contributed by atoms with van der Waals surface area (Å²) in [6, 6.07) is 12.2. The van der Waals surface area contributed by atoms with Crippen LogP contribution in [0.15, 0.2) is 53.5 Å². The number of para-hydroxylation sites is 1. The van der Waals surface area contributed by atoms with Crippen molar-refractivity contribution in [3.8, 4) is 5.69 Å². The molecule has 2 aromatic rings. The van der Waals surface area contributed by atoms with E-state index < -0.39 is 0 Å². The second kappa shape index (κ2) is 6.58. The Balaban J connectivity index is 1.76. The Bertz CT molecular complexity index is 703. The van der Waals surface area contributed by atoms with E-state index in [1.807, 2.05) is 30.3 Å². The molecule has 0 unspecified atom stereocenters. The zero-order valence-corrected chi connectivity index (χ0v) is 12.2. The molecule has 1 saturated heterocycles. The average molecular weight is 298 g/mol. The number of ether oxygens (including phenoxy) is 1. The van der Waals surface area contributed by atoms with Gasteiger partial charge in [0.15, 0.2) is 0 Å². The zero-order valence-electron chi connectivity index (χ0n) is 12.2. The predicted molar refractivity (Wildman–Crippen MR) is 83.3 cm³/mol. The molecule has 0 bridgehead atoms. The van der Waals surface area contributed by atoms with Gasteiger partial charge >= 0.3 is 0 Å². The molecular formula is C17H18N2O3. The number of benzene rings is 1. The van der Waals surface area contributed by atoms with E-state index in [4.69, 9.17) is 4.74 Å². The number of amides is 1. The molecule has 1 atom stereocenters. The highest BCUT2D eigenvalue weighted by Crippen LogP contribution is 2.11. The quantitative estimate of drug-likeness (QED) is 0.935. The summed E-state index contributed by atoms with van der Waals surface area (Å²) >= 11 is 0. The van der Waals surface area contributed by atoms with Gasteiger partial charge in [0, 0.05) is 31.1 Å². The van der Waals surface area contributed by atoms with Gasteiger partial charge < -0.3 is 10.1 Å². The van der Waals surface area contributed by atoms with Crippen molar-refractivity contribution in [1.29, 1.82) is 0 Å². The summed E-state index contributed by atoms with van der Waals surface area (Å²) in [6.07, 6.45) is 3.69. The van der Waals surface area contributed by atoms with Gasteiger partial charge in [0.1, 0.15) is 0 Å². The fourth-order valence-electron chi connectivity index (χ4n) is 2.53. The normalized spacial score (nSPS) is 17.4. The SMILES string of the molecule is O=C(NC[C@@H]1CCCO1)c1ccc(=O)n(-c2ccccc2)c1. The number of carbonyl (C=O) groups excluding carboxylic acids is 1. The van der Waals surface area contributed by atoms with E-state index in [0.717, 1.165) is 25.1 Å². The van der Waals surface area contributed by atoms with Crippen LogP contribution in [0.2, 0.25) is 0 Å². The zero-order chi connectivity index (χ0) is 15.4. The van der Waals surface area contributed by atoms with Crippen molar-refractivity contribution < 1.29 is 9.53 Å². The van der Waals surface area contributed by atoms with E-state index in [-0.39, 0.29) is 17.6 Å². The van der Waals surface area contributed by atoms with E-state index >= 15 is 0 Å². The number of nitrogens with zero attached hydrogens (tertiary/aromatic N) is 1. The molecule has 1 aromatic carbocycles. The fourth-order valence-corrected chi connectivity index (χ4v) is 2.53. The molecule has 1 N–H and O–H groups in total. The standard InChI is InChI=1S/C17H18N2O3/c20-16-9-8-13(12-19(16)14-5-2-1-3-6-14)17(21)18-11-15-7-4-10-22-15/h1-3,5-6,8-9,12,15H,4,7,10-11H2,(H,18,21)/t15-/m0/s1. The monoisotopic (exact) mass is 298 g/mol. The van der Waals surface area contributed by atoms with Gasteiger partial charge in [0.2, 0.25) is 0 Å². The Morgan fingerprint density at radius 1 is 1.23 bits per heavy atom. The molecular weight excluding hydrogens is 280 g/mol. The van der Waals surface area contributed by atoms with Crippen LogP contribution in [-0.2, 0) is 4.74 Å². The molecule has 1 amide bonds. The van der Waals surface area contributed by atoms with Crippen LogP contribution in [0.5, 0.6) is 0 Å². The van der Waals surface area contributed by atoms with Crippen LogP contribution in [0.4, 0.5) is 0 Å². The van der Waals surface area contributed by atoms with Crippen LogP contribution in [0.25, 0.3) is 5.69 Å². The number of rotatable bonds is 4. The Kier molecular flexibility index (Phi) is 4.34. The van der Waals surface area contributed by atoms with Crippen LogP contribution < -0.4 is 10.9 Å². The van der Waals surface area contributed by atoms with Crippen LogP contribution in [-0.4, -0.2) is 29.7 Å². The lowest BCUT2D eigenvalue weighted by Crippen LogP contribution is -2.32. The highest BCUT2D eigenvalue weighted by Gasteiger charge is 2.17. The Morgan fingerprint density at radius 2 is 2.05 bits per heavy atom. The van der Waals surface area contributed by atoms with Gasteiger partial charge in [0.05, 0.1) is 11.7 Å². The summed E-state index contributed by atoms with van der Waals surface area (Å²) < 4.78 is 6.95. The molecule has 0 radical (unpaired) electrons. The lowest BCUT2D eigenvalue weighted by molar-refractivity contribution is 0.0857.